The van der Waals surface area contributed by atoms with Crippen LogP contribution in [0.15, 0.2) is 17.7 Å². The van der Waals surface area contributed by atoms with Crippen LogP contribution in [0, 0.1) is 19.7 Å². The number of nitrogens with one attached hydrogen (secondary N) is 1. The molecule has 2 aromatic rings. The minimum Gasteiger partial charge on any atom is -0.449 e. The Hall–Kier alpha value is -2.03. The fraction of sp³-hybridized carbons (Fsp3) is 0.348. The lowest BCUT2D eigenvalue weighted by atomic mass is 9.88. The molecule has 0 saturated carbocycles. The number of carbonyl (C=O) groups excluding carboxylic acids is 1. The Bertz CT molecular complexity index is 1130. The van der Waals surface area contributed by atoms with Gasteiger partial charge in [0.1, 0.15) is 5.82 Å². The highest BCUT2D eigenvalue weighted by molar-refractivity contribution is 7.00. The van der Waals surface area contributed by atoms with Gasteiger partial charge in [-0.2, -0.15) is 0 Å². The van der Waals surface area contributed by atoms with Crippen molar-refractivity contribution >= 4 is 39.0 Å². The molecule has 1 radical (unpaired) electrons. The van der Waals surface area contributed by atoms with Crippen LogP contribution in [0.4, 0.5) is 4.39 Å². The van der Waals surface area contributed by atoms with Crippen LogP contribution in [-0.2, 0) is 10.5 Å². The van der Waals surface area contributed by atoms with Crippen LogP contribution in [-0.4, -0.2) is 22.5 Å². The van der Waals surface area contributed by atoms with Gasteiger partial charge in [-0.25, -0.2) is 4.39 Å². The Morgan fingerprint density at radius 1 is 1.03 bits per heavy atom. The predicted octanol–water partition coefficient (Wildman–Crippen LogP) is 4.35. The van der Waals surface area contributed by atoms with Crippen molar-refractivity contribution in [3.05, 3.63) is 51.3 Å². The molecular formula is C23H27FNO2Si2. The van der Waals surface area contributed by atoms with Crippen molar-refractivity contribution in [1.82, 2.24) is 5.73 Å². The first-order chi connectivity index (χ1) is 13.4. The van der Waals surface area contributed by atoms with Crippen LogP contribution in [0.5, 0.6) is 0 Å². The fourth-order valence-electron chi connectivity index (χ4n) is 5.77. The number of fused-ring (bicyclic) bond motifs is 3. The van der Waals surface area contributed by atoms with Gasteiger partial charge in [-0.05, 0) is 103 Å². The lowest BCUT2D eigenvalue weighted by Gasteiger charge is -2.44. The maximum Gasteiger partial charge on any atom is 0.270 e. The van der Waals surface area contributed by atoms with Crippen molar-refractivity contribution in [3.63, 3.8) is 0 Å². The molecule has 1 N–H and O–H groups in total. The van der Waals surface area contributed by atoms with Gasteiger partial charge < -0.3 is 4.12 Å². The molecule has 0 atom stereocenters. The quantitative estimate of drug-likeness (QED) is 0.673. The SMILES string of the molecule is CC1=Cc2c(-c3c(C)c4c(C)c(c3C([NH])=O)[Si](C)(C)O[Si]4(C)C)ccc(F)c2C1. The molecule has 0 spiro atoms. The van der Waals surface area contributed by atoms with E-state index in [1.54, 1.807) is 6.07 Å². The van der Waals surface area contributed by atoms with E-state index in [0.29, 0.717) is 17.5 Å². The number of hydrogen-bond donors (Lipinski definition) is 0. The molecule has 3 nitrogen and oxygen atoms in total. The van der Waals surface area contributed by atoms with Crippen molar-refractivity contribution in [2.75, 3.05) is 0 Å². The zero-order chi connectivity index (χ0) is 21.5. The molecule has 29 heavy (non-hydrogen) atoms. The normalized spacial score (nSPS) is 18.4. The van der Waals surface area contributed by atoms with Crippen molar-refractivity contribution in [1.29, 1.82) is 0 Å². The molecule has 2 aliphatic rings. The molecule has 1 aliphatic carbocycles. The van der Waals surface area contributed by atoms with Gasteiger partial charge in [0.05, 0.1) is 5.56 Å². The van der Waals surface area contributed by atoms with E-state index >= 15 is 0 Å². The molecule has 6 heteroatoms. The number of amides is 1. The first-order valence-corrected chi connectivity index (χ1v) is 15.8. The summed E-state index contributed by atoms with van der Waals surface area (Å²) in [6.45, 7) is 14.8. The molecule has 0 saturated heterocycles. The first kappa shape index (κ1) is 20.3. The average molecular weight is 425 g/mol. The summed E-state index contributed by atoms with van der Waals surface area (Å²) in [4.78, 5) is 12.7. The predicted molar refractivity (Wildman–Crippen MR) is 121 cm³/mol. The molecular weight excluding hydrogens is 397 g/mol. The van der Waals surface area contributed by atoms with E-state index in [-0.39, 0.29) is 5.82 Å². The molecule has 4 rings (SSSR count). The monoisotopic (exact) mass is 424 g/mol. The van der Waals surface area contributed by atoms with E-state index in [9.17, 15) is 9.18 Å². The fourth-order valence-corrected chi connectivity index (χ4v) is 15.7. The summed E-state index contributed by atoms with van der Waals surface area (Å²) in [5, 5.41) is 2.16. The molecule has 1 aliphatic heterocycles. The highest BCUT2D eigenvalue weighted by Crippen LogP contribution is 2.40. The van der Waals surface area contributed by atoms with E-state index in [4.69, 9.17) is 9.85 Å². The highest BCUT2D eigenvalue weighted by atomic mass is 28.4. The van der Waals surface area contributed by atoms with Gasteiger partial charge >= 0.3 is 0 Å². The zero-order valence-electron chi connectivity index (χ0n) is 18.1. The molecule has 1 amide bonds. The van der Waals surface area contributed by atoms with Crippen LogP contribution in [0.3, 0.4) is 0 Å². The molecule has 2 bridgehead atoms. The molecule has 151 valence electrons. The van der Waals surface area contributed by atoms with Gasteiger partial charge in [-0.3, -0.25) is 10.5 Å². The van der Waals surface area contributed by atoms with E-state index in [1.807, 2.05) is 19.9 Å². The van der Waals surface area contributed by atoms with Crippen molar-refractivity contribution < 1.29 is 13.3 Å². The largest absolute Gasteiger partial charge is 0.449 e. The van der Waals surface area contributed by atoms with E-state index < -0.39 is 22.5 Å². The van der Waals surface area contributed by atoms with E-state index in [2.05, 4.69) is 33.1 Å². The second-order valence-corrected chi connectivity index (χ2v) is 17.2. The molecule has 0 unspecified atom stereocenters. The second-order valence-electron chi connectivity index (χ2n) is 9.36. The lowest BCUT2D eigenvalue weighted by molar-refractivity contribution is 0.0993. The zero-order valence-corrected chi connectivity index (χ0v) is 20.1. The van der Waals surface area contributed by atoms with E-state index in [1.165, 1.54) is 11.3 Å². The number of halogens is 1. The van der Waals surface area contributed by atoms with Crippen LogP contribution in [0.2, 0.25) is 26.2 Å². The third-order valence-electron chi connectivity index (χ3n) is 6.36. The van der Waals surface area contributed by atoms with Gasteiger partial charge in [-0.1, -0.05) is 17.7 Å². The van der Waals surface area contributed by atoms with Gasteiger partial charge in [-0.15, -0.1) is 0 Å². The van der Waals surface area contributed by atoms with Crippen molar-refractivity contribution in [2.45, 2.75) is 53.4 Å². The van der Waals surface area contributed by atoms with Crippen LogP contribution in [0.1, 0.15) is 39.5 Å². The maximum atomic E-state index is 14.5. The minimum absolute atomic E-state index is 0.208. The summed E-state index contributed by atoms with van der Waals surface area (Å²) in [7, 11) is -4.54. The summed E-state index contributed by atoms with van der Waals surface area (Å²) in [6, 6.07) is 3.29. The van der Waals surface area contributed by atoms with Crippen LogP contribution in [0.25, 0.3) is 17.2 Å². The summed E-state index contributed by atoms with van der Waals surface area (Å²) >= 11 is 0. The number of allylic oxidation sites excluding steroid dienone is 1. The van der Waals surface area contributed by atoms with Gasteiger partial charge in [0.25, 0.3) is 5.91 Å². The minimum atomic E-state index is -2.37. The summed E-state index contributed by atoms with van der Waals surface area (Å²) in [6.07, 6.45) is 2.62. The summed E-state index contributed by atoms with van der Waals surface area (Å²) in [5.74, 6) is -0.893. The number of benzene rings is 2. The van der Waals surface area contributed by atoms with Crippen LogP contribution < -0.4 is 16.1 Å². The smallest absolute Gasteiger partial charge is 0.270 e. The van der Waals surface area contributed by atoms with Crippen LogP contribution >= 0.6 is 0 Å². The summed E-state index contributed by atoms with van der Waals surface area (Å²) < 4.78 is 21.2. The Balaban J connectivity index is 2.21. The second kappa shape index (κ2) is 6.23. The van der Waals surface area contributed by atoms with Gasteiger partial charge in [0, 0.05) is 0 Å². The highest BCUT2D eigenvalue weighted by Gasteiger charge is 2.47. The molecule has 0 aromatic heterocycles. The first-order valence-electron chi connectivity index (χ1n) is 10.00. The third kappa shape index (κ3) is 2.80. The Kier molecular flexibility index (Phi) is 4.35. The van der Waals surface area contributed by atoms with Crippen molar-refractivity contribution in [3.8, 4) is 11.1 Å². The van der Waals surface area contributed by atoms with Gasteiger partial charge in [0.2, 0.25) is 16.6 Å². The number of hydrogen-bond acceptors (Lipinski definition) is 2. The Morgan fingerprint density at radius 2 is 1.66 bits per heavy atom. The lowest BCUT2D eigenvalue weighted by Crippen LogP contribution is -2.67. The van der Waals surface area contributed by atoms with E-state index in [0.717, 1.165) is 38.6 Å². The van der Waals surface area contributed by atoms with Gasteiger partial charge in [0.15, 0.2) is 0 Å². The number of rotatable bonds is 2. The molecule has 2 aromatic carbocycles. The Morgan fingerprint density at radius 3 is 2.28 bits per heavy atom. The molecule has 0 fully saturated rings. The Labute approximate surface area is 174 Å². The topological polar surface area (TPSA) is 50.1 Å². The molecule has 1 heterocycles. The number of carbonyl (C=O) groups is 1. The summed E-state index contributed by atoms with van der Waals surface area (Å²) in [5.41, 5.74) is 15.1. The average Bonchev–Trinajstić information content (AvgIpc) is 2.95. The standard InChI is InChI=1S/C23H27FNO2Si2/c1-12-10-16-15(8-9-18(24)17(16)11-12)19-13(2)21-14(3)22(20(19)23(25)26)29(6,7)27-28(21,4)5/h8-10,25H,11H2,1-7H3. The maximum absolute atomic E-state index is 14.5. The third-order valence-corrected chi connectivity index (χ3v) is 14.2. The van der Waals surface area contributed by atoms with Crippen molar-refractivity contribution in [2.24, 2.45) is 0 Å².